The first kappa shape index (κ1) is 8.95. The number of hydrogen-bond acceptors (Lipinski definition) is 2. The maximum absolute atomic E-state index is 3.54. The lowest BCUT2D eigenvalue weighted by Crippen LogP contribution is -2.42. The van der Waals surface area contributed by atoms with E-state index in [0.717, 1.165) is 19.6 Å². The summed E-state index contributed by atoms with van der Waals surface area (Å²) in [6.07, 6.45) is 2.00. The molecule has 1 aromatic heterocycles. The highest BCUT2D eigenvalue weighted by Crippen LogP contribution is 2.23. The van der Waals surface area contributed by atoms with E-state index < -0.39 is 0 Å². The molecule has 1 aromatic carbocycles. The molecule has 0 saturated carbocycles. The average Bonchev–Trinajstić information content (AvgIpc) is 2.78. The van der Waals surface area contributed by atoms with E-state index in [9.17, 15) is 0 Å². The number of rotatable bonds is 1. The Labute approximate surface area is 88.9 Å². The van der Waals surface area contributed by atoms with Crippen LogP contribution in [0.3, 0.4) is 0 Å². The highest BCUT2D eigenvalue weighted by Gasteiger charge is 2.16. The highest BCUT2D eigenvalue weighted by atomic mass is 15.1. The van der Waals surface area contributed by atoms with E-state index in [1.165, 1.54) is 16.5 Å². The smallest absolute Gasteiger partial charge is 0.0457 e. The summed E-state index contributed by atoms with van der Waals surface area (Å²) >= 11 is 0. The van der Waals surface area contributed by atoms with Gasteiger partial charge in [0.2, 0.25) is 0 Å². The Morgan fingerprint density at radius 1 is 1.13 bits per heavy atom. The van der Waals surface area contributed by atoms with E-state index in [1.807, 2.05) is 6.20 Å². The van der Waals surface area contributed by atoms with Crippen LogP contribution in [0.5, 0.6) is 0 Å². The molecule has 3 rings (SSSR count). The third-order valence-electron chi connectivity index (χ3n) is 3.05. The van der Waals surface area contributed by atoms with Gasteiger partial charge in [0.05, 0.1) is 0 Å². The predicted molar refractivity (Wildman–Crippen MR) is 61.9 cm³/mol. The summed E-state index contributed by atoms with van der Waals surface area (Å²) in [4.78, 5) is 3.25. The lowest BCUT2D eigenvalue weighted by molar-refractivity contribution is 0.432. The van der Waals surface area contributed by atoms with E-state index in [1.54, 1.807) is 0 Å². The van der Waals surface area contributed by atoms with Gasteiger partial charge < -0.3 is 15.6 Å². The van der Waals surface area contributed by atoms with Gasteiger partial charge in [-0.05, 0) is 17.7 Å². The Morgan fingerprint density at radius 2 is 2.13 bits per heavy atom. The van der Waals surface area contributed by atoms with Crippen LogP contribution in [0.15, 0.2) is 30.5 Å². The standard InChI is InChI=1S/C12H15N3/c1-2-9(12-8-13-6-7-15-12)10-4-5-14-11(10)3-1/h1-5,12-15H,6-8H2/t12-/m1/s1. The summed E-state index contributed by atoms with van der Waals surface area (Å²) in [5, 5.41) is 8.29. The van der Waals surface area contributed by atoms with Gasteiger partial charge in [-0.2, -0.15) is 0 Å². The van der Waals surface area contributed by atoms with Crippen molar-refractivity contribution < 1.29 is 0 Å². The Kier molecular flexibility index (Phi) is 2.19. The summed E-state index contributed by atoms with van der Waals surface area (Å²) < 4.78 is 0. The van der Waals surface area contributed by atoms with Gasteiger partial charge in [-0.3, -0.25) is 0 Å². The molecular weight excluding hydrogens is 186 g/mol. The Morgan fingerprint density at radius 3 is 3.00 bits per heavy atom. The molecule has 1 aliphatic rings. The molecule has 1 aliphatic heterocycles. The molecule has 0 amide bonds. The van der Waals surface area contributed by atoms with Crippen LogP contribution in [0.2, 0.25) is 0 Å². The highest BCUT2D eigenvalue weighted by molar-refractivity contribution is 5.83. The minimum Gasteiger partial charge on any atom is -0.361 e. The molecule has 0 unspecified atom stereocenters. The number of nitrogens with one attached hydrogen (secondary N) is 3. The molecule has 3 N–H and O–H groups in total. The van der Waals surface area contributed by atoms with Crippen LogP contribution < -0.4 is 10.6 Å². The van der Waals surface area contributed by atoms with Crippen LogP contribution >= 0.6 is 0 Å². The van der Waals surface area contributed by atoms with E-state index >= 15 is 0 Å². The zero-order valence-corrected chi connectivity index (χ0v) is 8.59. The second kappa shape index (κ2) is 3.68. The fraction of sp³-hybridized carbons (Fsp3) is 0.333. The van der Waals surface area contributed by atoms with Gasteiger partial charge in [-0.25, -0.2) is 0 Å². The molecule has 0 aliphatic carbocycles. The maximum Gasteiger partial charge on any atom is 0.0457 e. The number of piperazine rings is 1. The van der Waals surface area contributed by atoms with Crippen LogP contribution in [-0.4, -0.2) is 24.6 Å². The van der Waals surface area contributed by atoms with Crippen LogP contribution in [-0.2, 0) is 0 Å². The summed E-state index contributed by atoms with van der Waals surface area (Å²) in [6, 6.07) is 9.04. The normalized spacial score (nSPS) is 22.0. The van der Waals surface area contributed by atoms with Crippen molar-refractivity contribution in [3.63, 3.8) is 0 Å². The first-order valence-corrected chi connectivity index (χ1v) is 5.45. The van der Waals surface area contributed by atoms with Gasteiger partial charge in [0.15, 0.2) is 0 Å². The van der Waals surface area contributed by atoms with Crippen LogP contribution in [0.4, 0.5) is 0 Å². The monoisotopic (exact) mass is 201 g/mol. The topological polar surface area (TPSA) is 39.8 Å². The lowest BCUT2D eigenvalue weighted by Gasteiger charge is -2.25. The molecule has 15 heavy (non-hydrogen) atoms. The summed E-state index contributed by atoms with van der Waals surface area (Å²) in [5.41, 5.74) is 2.61. The van der Waals surface area contributed by atoms with Gasteiger partial charge in [-0.1, -0.05) is 12.1 Å². The number of aromatic nitrogens is 1. The van der Waals surface area contributed by atoms with Crippen molar-refractivity contribution in [1.82, 2.24) is 15.6 Å². The Balaban J connectivity index is 2.05. The number of fused-ring (bicyclic) bond motifs is 1. The maximum atomic E-state index is 3.54. The summed E-state index contributed by atoms with van der Waals surface area (Å²) in [5.74, 6) is 0. The minimum atomic E-state index is 0.443. The van der Waals surface area contributed by atoms with Crippen molar-refractivity contribution in [1.29, 1.82) is 0 Å². The molecule has 1 atom stereocenters. The second-order valence-electron chi connectivity index (χ2n) is 4.00. The Bertz CT molecular complexity index is 455. The van der Waals surface area contributed by atoms with Gasteiger partial charge in [-0.15, -0.1) is 0 Å². The van der Waals surface area contributed by atoms with Crippen molar-refractivity contribution in [2.75, 3.05) is 19.6 Å². The van der Waals surface area contributed by atoms with Crippen LogP contribution in [0.25, 0.3) is 10.9 Å². The van der Waals surface area contributed by atoms with Crippen molar-refractivity contribution in [3.8, 4) is 0 Å². The number of hydrogen-bond donors (Lipinski definition) is 3. The van der Waals surface area contributed by atoms with Crippen molar-refractivity contribution >= 4 is 10.9 Å². The number of H-pyrrole nitrogens is 1. The molecule has 78 valence electrons. The SMILES string of the molecule is c1cc([C@H]2CNCCN2)c2cc[nH]c2c1. The molecule has 0 radical (unpaired) electrons. The minimum absolute atomic E-state index is 0.443. The zero-order chi connectivity index (χ0) is 10.1. The van der Waals surface area contributed by atoms with Crippen molar-refractivity contribution in [2.45, 2.75) is 6.04 Å². The average molecular weight is 201 g/mol. The fourth-order valence-electron chi connectivity index (χ4n) is 2.29. The van der Waals surface area contributed by atoms with E-state index in [4.69, 9.17) is 0 Å². The zero-order valence-electron chi connectivity index (χ0n) is 8.59. The number of benzene rings is 1. The van der Waals surface area contributed by atoms with Crippen molar-refractivity contribution in [2.24, 2.45) is 0 Å². The molecular formula is C12H15N3. The summed E-state index contributed by atoms with van der Waals surface area (Å²) in [7, 11) is 0. The molecule has 3 nitrogen and oxygen atoms in total. The van der Waals surface area contributed by atoms with Crippen molar-refractivity contribution in [3.05, 3.63) is 36.0 Å². The Hall–Kier alpha value is -1.32. The molecule has 0 bridgehead atoms. The predicted octanol–water partition coefficient (Wildman–Crippen LogP) is 1.40. The third-order valence-corrected chi connectivity index (χ3v) is 3.05. The van der Waals surface area contributed by atoms with Crippen LogP contribution in [0.1, 0.15) is 11.6 Å². The van der Waals surface area contributed by atoms with Gasteiger partial charge in [0.1, 0.15) is 0 Å². The molecule has 0 spiro atoms. The fourth-order valence-corrected chi connectivity index (χ4v) is 2.29. The lowest BCUT2D eigenvalue weighted by atomic mass is 10.0. The largest absolute Gasteiger partial charge is 0.361 e. The molecule has 2 aromatic rings. The van der Waals surface area contributed by atoms with Crippen LogP contribution in [0, 0.1) is 0 Å². The van der Waals surface area contributed by atoms with Gasteiger partial charge in [0.25, 0.3) is 0 Å². The van der Waals surface area contributed by atoms with Gasteiger partial charge >= 0.3 is 0 Å². The third kappa shape index (κ3) is 1.54. The molecule has 1 fully saturated rings. The summed E-state index contributed by atoms with van der Waals surface area (Å²) in [6.45, 7) is 3.13. The molecule has 1 saturated heterocycles. The quantitative estimate of drug-likeness (QED) is 0.652. The van der Waals surface area contributed by atoms with E-state index in [0.29, 0.717) is 6.04 Å². The van der Waals surface area contributed by atoms with E-state index in [-0.39, 0.29) is 0 Å². The second-order valence-corrected chi connectivity index (χ2v) is 4.00. The first-order valence-electron chi connectivity index (χ1n) is 5.45. The van der Waals surface area contributed by atoms with E-state index in [2.05, 4.69) is 39.9 Å². The first-order chi connectivity index (χ1) is 7.45. The molecule has 2 heterocycles. The van der Waals surface area contributed by atoms with Gasteiger partial charge in [0, 0.05) is 42.8 Å². The number of aromatic amines is 1. The molecule has 3 heteroatoms.